The number of likely N-dealkylation sites (tertiary alicyclic amines) is 1. The Bertz CT molecular complexity index is 897. The van der Waals surface area contributed by atoms with Crippen LogP contribution in [-0.2, 0) is 0 Å². The molecule has 1 aliphatic heterocycles. The number of carbonyl (C=O) groups is 1. The summed E-state index contributed by atoms with van der Waals surface area (Å²) >= 11 is 6.28. The van der Waals surface area contributed by atoms with E-state index < -0.39 is 6.10 Å². The third kappa shape index (κ3) is 4.10. The number of aliphatic hydroxyl groups is 1. The molecule has 0 bridgehead atoms. The van der Waals surface area contributed by atoms with E-state index in [1.165, 1.54) is 12.8 Å². The lowest BCUT2D eigenvalue weighted by Crippen LogP contribution is -2.48. The average molecular weight is 419 g/mol. The van der Waals surface area contributed by atoms with Gasteiger partial charge in [0.15, 0.2) is 0 Å². The predicted octanol–water partition coefficient (Wildman–Crippen LogP) is 4.50. The molecule has 4 rings (SSSR count). The number of nitrogens with one attached hydrogen (secondary N) is 2. The Hall–Kier alpha value is -1.79. The Labute approximate surface area is 177 Å². The van der Waals surface area contributed by atoms with Crippen molar-refractivity contribution in [3.05, 3.63) is 28.9 Å². The molecule has 1 aliphatic carbocycles. The van der Waals surface area contributed by atoms with E-state index in [2.05, 4.69) is 36.3 Å². The van der Waals surface area contributed by atoms with Crippen LogP contribution in [0.1, 0.15) is 58.1 Å². The number of hydrogen-bond donors (Lipinski definition) is 3. The molecule has 7 heteroatoms. The lowest BCUT2D eigenvalue weighted by molar-refractivity contribution is -0.0143. The molecule has 1 atom stereocenters. The van der Waals surface area contributed by atoms with Gasteiger partial charge in [0, 0.05) is 35.6 Å². The maximum atomic E-state index is 12.5. The Morgan fingerprint density at radius 1 is 1.41 bits per heavy atom. The summed E-state index contributed by atoms with van der Waals surface area (Å²) in [5, 5.41) is 23.0. The summed E-state index contributed by atoms with van der Waals surface area (Å²) in [5.41, 5.74) is 1.58. The van der Waals surface area contributed by atoms with Crippen LogP contribution in [0.3, 0.4) is 0 Å². The Morgan fingerprint density at radius 3 is 2.76 bits per heavy atom. The number of hydrogen-bond acceptors (Lipinski definition) is 3. The fraction of sp³-hybridized carbons (Fsp3) is 0.636. The number of urea groups is 1. The van der Waals surface area contributed by atoms with Crippen molar-refractivity contribution in [3.63, 3.8) is 0 Å². The molecule has 1 saturated carbocycles. The van der Waals surface area contributed by atoms with Gasteiger partial charge < -0.3 is 15.3 Å². The van der Waals surface area contributed by atoms with Gasteiger partial charge >= 0.3 is 6.03 Å². The van der Waals surface area contributed by atoms with Crippen LogP contribution in [-0.4, -0.2) is 45.9 Å². The zero-order valence-electron chi connectivity index (χ0n) is 17.5. The SMILES string of the molecule is CC1(CNC(=O)N2CCC(C(C)(C)[C@H](O)c3cc(Cl)cc4cn[nH]c34)CC2)CC1. The standard InChI is InChI=1S/C22H31ClN4O2/c1-21(2,19(28)17-11-16(23)10-14-12-25-26-18(14)17)15-4-8-27(9-5-15)20(29)24-13-22(3)6-7-22/h10-12,15,19,28H,4-9,13H2,1-3H3,(H,24,29)(H,25,26)/t19-/m1/s1. The van der Waals surface area contributed by atoms with Gasteiger partial charge in [-0.2, -0.15) is 5.10 Å². The summed E-state index contributed by atoms with van der Waals surface area (Å²) < 4.78 is 0. The molecule has 1 saturated heterocycles. The molecule has 2 aromatic rings. The quantitative estimate of drug-likeness (QED) is 0.668. The van der Waals surface area contributed by atoms with Gasteiger partial charge in [-0.1, -0.05) is 32.4 Å². The molecule has 0 spiro atoms. The predicted molar refractivity (Wildman–Crippen MR) is 115 cm³/mol. The number of nitrogens with zero attached hydrogens (tertiary/aromatic N) is 2. The number of H-pyrrole nitrogens is 1. The zero-order chi connectivity index (χ0) is 20.8. The fourth-order valence-electron chi connectivity index (χ4n) is 4.50. The molecule has 2 aliphatic rings. The van der Waals surface area contributed by atoms with Crippen molar-refractivity contribution in [2.24, 2.45) is 16.7 Å². The molecule has 158 valence electrons. The first kappa shape index (κ1) is 20.5. The van der Waals surface area contributed by atoms with Gasteiger partial charge in [-0.05, 0) is 54.6 Å². The first-order valence-corrected chi connectivity index (χ1v) is 10.9. The summed E-state index contributed by atoms with van der Waals surface area (Å²) in [7, 11) is 0. The third-order valence-corrected chi connectivity index (χ3v) is 7.37. The van der Waals surface area contributed by atoms with E-state index in [9.17, 15) is 9.90 Å². The maximum absolute atomic E-state index is 12.5. The van der Waals surface area contributed by atoms with Gasteiger partial charge in [0.05, 0.1) is 17.8 Å². The van der Waals surface area contributed by atoms with Crippen LogP contribution in [0.4, 0.5) is 4.79 Å². The van der Waals surface area contributed by atoms with Gasteiger partial charge in [-0.25, -0.2) is 4.79 Å². The van der Waals surface area contributed by atoms with Crippen LogP contribution >= 0.6 is 11.6 Å². The molecular formula is C22H31ClN4O2. The second kappa shape index (κ2) is 7.47. The zero-order valence-corrected chi connectivity index (χ0v) is 18.2. The molecule has 1 aromatic carbocycles. The minimum absolute atomic E-state index is 0.0453. The van der Waals surface area contributed by atoms with Crippen LogP contribution < -0.4 is 5.32 Å². The van der Waals surface area contributed by atoms with Gasteiger partial charge in [-0.15, -0.1) is 0 Å². The van der Waals surface area contributed by atoms with Crippen LogP contribution in [0.5, 0.6) is 0 Å². The summed E-state index contributed by atoms with van der Waals surface area (Å²) in [6, 6.07) is 3.72. The summed E-state index contributed by atoms with van der Waals surface area (Å²) in [6.45, 7) is 8.64. The van der Waals surface area contributed by atoms with Gasteiger partial charge in [0.1, 0.15) is 0 Å². The van der Waals surface area contributed by atoms with E-state index in [1.807, 2.05) is 17.0 Å². The van der Waals surface area contributed by atoms with E-state index >= 15 is 0 Å². The molecule has 2 amide bonds. The highest BCUT2D eigenvalue weighted by Crippen LogP contribution is 2.46. The van der Waals surface area contributed by atoms with Gasteiger partial charge in [0.2, 0.25) is 0 Å². The van der Waals surface area contributed by atoms with Crippen LogP contribution in [0, 0.1) is 16.7 Å². The Morgan fingerprint density at radius 2 is 2.10 bits per heavy atom. The average Bonchev–Trinajstić information content (AvgIpc) is 3.25. The summed E-state index contributed by atoms with van der Waals surface area (Å²) in [5.74, 6) is 0.305. The largest absolute Gasteiger partial charge is 0.388 e. The van der Waals surface area contributed by atoms with Crippen molar-refractivity contribution in [2.75, 3.05) is 19.6 Å². The maximum Gasteiger partial charge on any atom is 0.317 e. The number of amides is 2. The highest BCUT2D eigenvalue weighted by Gasteiger charge is 2.41. The minimum atomic E-state index is -0.677. The number of fused-ring (bicyclic) bond motifs is 1. The van der Waals surface area contributed by atoms with Crippen molar-refractivity contribution in [3.8, 4) is 0 Å². The fourth-order valence-corrected chi connectivity index (χ4v) is 4.74. The van der Waals surface area contributed by atoms with E-state index in [0.717, 1.165) is 48.9 Å². The second-order valence-electron chi connectivity index (χ2n) is 9.78. The van der Waals surface area contributed by atoms with E-state index in [-0.39, 0.29) is 11.4 Å². The number of aromatic amines is 1. The van der Waals surface area contributed by atoms with E-state index in [1.54, 1.807) is 6.20 Å². The molecule has 6 nitrogen and oxygen atoms in total. The summed E-state index contributed by atoms with van der Waals surface area (Å²) in [6.07, 6.45) is 5.21. The first-order chi connectivity index (χ1) is 13.7. The number of benzene rings is 1. The lowest BCUT2D eigenvalue weighted by Gasteiger charge is -2.43. The van der Waals surface area contributed by atoms with Crippen molar-refractivity contribution in [1.82, 2.24) is 20.4 Å². The van der Waals surface area contributed by atoms with Gasteiger partial charge in [-0.3, -0.25) is 5.10 Å². The van der Waals surface area contributed by atoms with Crippen LogP contribution in [0.2, 0.25) is 5.02 Å². The smallest absolute Gasteiger partial charge is 0.317 e. The van der Waals surface area contributed by atoms with Crippen LogP contribution in [0.25, 0.3) is 10.9 Å². The highest BCUT2D eigenvalue weighted by atomic mass is 35.5. The highest BCUT2D eigenvalue weighted by molar-refractivity contribution is 6.31. The number of aromatic nitrogens is 2. The molecule has 3 N–H and O–H groups in total. The second-order valence-corrected chi connectivity index (χ2v) is 10.2. The Kier molecular flexibility index (Phi) is 5.28. The molecule has 2 fully saturated rings. The normalized spacial score (nSPS) is 20.7. The van der Waals surface area contributed by atoms with E-state index in [0.29, 0.717) is 16.4 Å². The topological polar surface area (TPSA) is 81.2 Å². The molecule has 0 unspecified atom stereocenters. The summed E-state index contributed by atoms with van der Waals surface area (Å²) in [4.78, 5) is 14.4. The Balaban J connectivity index is 1.41. The number of aliphatic hydroxyl groups excluding tert-OH is 1. The minimum Gasteiger partial charge on any atom is -0.388 e. The molecule has 0 radical (unpaired) electrons. The molecule has 1 aromatic heterocycles. The van der Waals surface area contributed by atoms with Crippen molar-refractivity contribution in [2.45, 2.75) is 52.6 Å². The number of carbonyl (C=O) groups excluding carboxylic acids is 1. The number of halogens is 1. The van der Waals surface area contributed by atoms with Crippen molar-refractivity contribution >= 4 is 28.5 Å². The van der Waals surface area contributed by atoms with Crippen molar-refractivity contribution in [1.29, 1.82) is 0 Å². The first-order valence-electron chi connectivity index (χ1n) is 10.5. The molecular weight excluding hydrogens is 388 g/mol. The number of piperidine rings is 1. The van der Waals surface area contributed by atoms with Crippen LogP contribution in [0.15, 0.2) is 18.3 Å². The monoisotopic (exact) mass is 418 g/mol. The molecule has 29 heavy (non-hydrogen) atoms. The van der Waals surface area contributed by atoms with Crippen molar-refractivity contribution < 1.29 is 9.90 Å². The van der Waals surface area contributed by atoms with Gasteiger partial charge in [0.25, 0.3) is 0 Å². The third-order valence-electron chi connectivity index (χ3n) is 7.15. The van der Waals surface area contributed by atoms with E-state index in [4.69, 9.17) is 11.6 Å². The number of rotatable bonds is 5. The lowest BCUT2D eigenvalue weighted by atomic mass is 9.68. The molecule has 2 heterocycles.